The molecule has 2 fully saturated rings. The van der Waals surface area contributed by atoms with Crippen LogP contribution in [-0.2, 0) is 0 Å². The van der Waals surface area contributed by atoms with Crippen LogP contribution in [0.25, 0.3) is 0 Å². The highest BCUT2D eigenvalue weighted by Gasteiger charge is 2.30. The largest absolute Gasteiger partial charge is 0.328 e. The summed E-state index contributed by atoms with van der Waals surface area (Å²) in [5.74, 6) is 0.866. The van der Waals surface area contributed by atoms with Crippen LogP contribution in [0, 0.1) is 11.3 Å². The number of hydrogen-bond acceptors (Lipinski definition) is 2. The first-order valence-corrected chi connectivity index (χ1v) is 7.42. The lowest BCUT2D eigenvalue weighted by atomic mass is 9.75. The first-order valence-electron chi connectivity index (χ1n) is 7.42. The van der Waals surface area contributed by atoms with Crippen molar-refractivity contribution >= 4 is 0 Å². The van der Waals surface area contributed by atoms with Crippen molar-refractivity contribution in [3.63, 3.8) is 0 Å². The third kappa shape index (κ3) is 3.69. The average Bonchev–Trinajstić information content (AvgIpc) is 2.63. The van der Waals surface area contributed by atoms with Crippen LogP contribution in [0.2, 0.25) is 0 Å². The van der Waals surface area contributed by atoms with Gasteiger partial charge in [0.25, 0.3) is 0 Å². The molecular weight excluding hydrogens is 208 g/mol. The van der Waals surface area contributed by atoms with Crippen molar-refractivity contribution in [2.75, 3.05) is 13.6 Å². The van der Waals surface area contributed by atoms with Gasteiger partial charge < -0.3 is 10.6 Å². The van der Waals surface area contributed by atoms with Gasteiger partial charge in [-0.3, -0.25) is 0 Å². The van der Waals surface area contributed by atoms with Crippen molar-refractivity contribution in [1.29, 1.82) is 0 Å². The lowest BCUT2D eigenvalue weighted by Gasteiger charge is -2.39. The molecule has 2 rings (SSSR count). The fourth-order valence-corrected chi connectivity index (χ4v) is 3.66. The highest BCUT2D eigenvalue weighted by molar-refractivity contribution is 4.85. The summed E-state index contributed by atoms with van der Waals surface area (Å²) in [4.78, 5) is 2.62. The maximum absolute atomic E-state index is 6.00. The molecule has 2 aliphatic rings. The number of rotatable bonds is 3. The Bertz CT molecular complexity index is 239. The molecule has 2 nitrogen and oxygen atoms in total. The van der Waals surface area contributed by atoms with E-state index in [1.54, 1.807) is 0 Å². The van der Waals surface area contributed by atoms with Gasteiger partial charge in [-0.05, 0) is 63.3 Å². The van der Waals surface area contributed by atoms with Gasteiger partial charge in [0.15, 0.2) is 0 Å². The van der Waals surface area contributed by atoms with E-state index in [2.05, 4.69) is 25.8 Å². The van der Waals surface area contributed by atoms with Gasteiger partial charge in [-0.1, -0.05) is 13.8 Å². The molecule has 2 unspecified atom stereocenters. The first-order chi connectivity index (χ1) is 7.96. The fraction of sp³-hybridized carbons (Fsp3) is 1.00. The molecule has 0 aromatic rings. The lowest BCUT2D eigenvalue weighted by molar-refractivity contribution is 0.115. The van der Waals surface area contributed by atoms with E-state index in [9.17, 15) is 0 Å². The average molecular weight is 238 g/mol. The molecule has 0 amide bonds. The first kappa shape index (κ1) is 13.4. The SMILES string of the molecule is CN(CC1CCC(N)C1)C1CCC(C)(C)CC1. The van der Waals surface area contributed by atoms with Crippen molar-refractivity contribution in [2.45, 2.75) is 70.9 Å². The molecular formula is C15H30N2. The summed E-state index contributed by atoms with van der Waals surface area (Å²) in [6.45, 7) is 6.11. The Hall–Kier alpha value is -0.0800. The van der Waals surface area contributed by atoms with Crippen LogP contribution in [0.4, 0.5) is 0 Å². The smallest absolute Gasteiger partial charge is 0.00927 e. The van der Waals surface area contributed by atoms with E-state index >= 15 is 0 Å². The summed E-state index contributed by atoms with van der Waals surface area (Å²) < 4.78 is 0. The Morgan fingerprint density at radius 3 is 2.29 bits per heavy atom. The summed E-state index contributed by atoms with van der Waals surface area (Å²) in [6, 6.07) is 1.32. The molecule has 0 bridgehead atoms. The summed E-state index contributed by atoms with van der Waals surface area (Å²) >= 11 is 0. The van der Waals surface area contributed by atoms with Crippen molar-refractivity contribution in [1.82, 2.24) is 4.90 Å². The molecule has 0 spiro atoms. The molecule has 100 valence electrons. The maximum atomic E-state index is 6.00. The van der Waals surface area contributed by atoms with Crippen LogP contribution >= 0.6 is 0 Å². The Kier molecular flexibility index (Phi) is 4.14. The standard InChI is InChI=1S/C15H30N2/c1-15(2)8-6-14(7-9-15)17(3)11-12-4-5-13(16)10-12/h12-14H,4-11,16H2,1-3H3. The molecule has 2 saturated carbocycles. The van der Waals surface area contributed by atoms with E-state index in [-0.39, 0.29) is 0 Å². The monoisotopic (exact) mass is 238 g/mol. The lowest BCUT2D eigenvalue weighted by Crippen LogP contribution is -2.39. The normalized spacial score (nSPS) is 34.4. The molecule has 0 heterocycles. The molecule has 0 aromatic carbocycles. The van der Waals surface area contributed by atoms with Crippen molar-refractivity contribution in [3.8, 4) is 0 Å². The van der Waals surface area contributed by atoms with Crippen molar-refractivity contribution in [2.24, 2.45) is 17.1 Å². The molecule has 0 aliphatic heterocycles. The molecule has 0 saturated heterocycles. The van der Waals surface area contributed by atoms with Gasteiger partial charge in [-0.15, -0.1) is 0 Å². The minimum Gasteiger partial charge on any atom is -0.328 e. The third-order valence-corrected chi connectivity index (χ3v) is 5.06. The number of nitrogens with zero attached hydrogens (tertiary/aromatic N) is 1. The second-order valence-electron chi connectivity index (χ2n) is 7.27. The van der Waals surface area contributed by atoms with Crippen LogP contribution in [0.15, 0.2) is 0 Å². The zero-order chi connectivity index (χ0) is 12.5. The second-order valence-corrected chi connectivity index (χ2v) is 7.27. The topological polar surface area (TPSA) is 29.3 Å². The van der Waals surface area contributed by atoms with Gasteiger partial charge in [-0.25, -0.2) is 0 Å². The van der Waals surface area contributed by atoms with E-state index in [1.165, 1.54) is 51.5 Å². The molecule has 0 aromatic heterocycles. The van der Waals surface area contributed by atoms with Gasteiger partial charge >= 0.3 is 0 Å². The van der Waals surface area contributed by atoms with Crippen LogP contribution in [0.3, 0.4) is 0 Å². The highest BCUT2D eigenvalue weighted by Crippen LogP contribution is 2.37. The Balaban J connectivity index is 1.75. The molecule has 2 atom stereocenters. The summed E-state index contributed by atoms with van der Waals surface area (Å²) in [7, 11) is 2.33. The van der Waals surface area contributed by atoms with Crippen molar-refractivity contribution < 1.29 is 0 Å². The van der Waals surface area contributed by atoms with E-state index in [0.29, 0.717) is 11.5 Å². The van der Waals surface area contributed by atoms with Crippen LogP contribution in [-0.4, -0.2) is 30.6 Å². The minimum atomic E-state index is 0.485. The zero-order valence-corrected chi connectivity index (χ0v) is 11.9. The maximum Gasteiger partial charge on any atom is 0.00927 e. The van der Waals surface area contributed by atoms with E-state index in [1.807, 2.05) is 0 Å². The van der Waals surface area contributed by atoms with E-state index in [0.717, 1.165) is 12.0 Å². The van der Waals surface area contributed by atoms with Gasteiger partial charge in [0, 0.05) is 18.6 Å². The Morgan fingerprint density at radius 2 is 1.76 bits per heavy atom. The Morgan fingerprint density at radius 1 is 1.12 bits per heavy atom. The highest BCUT2D eigenvalue weighted by atomic mass is 15.1. The second kappa shape index (κ2) is 5.27. The third-order valence-electron chi connectivity index (χ3n) is 5.06. The molecule has 2 heteroatoms. The van der Waals surface area contributed by atoms with Gasteiger partial charge in [0.05, 0.1) is 0 Å². The Labute approximate surface area is 107 Å². The van der Waals surface area contributed by atoms with Crippen LogP contribution < -0.4 is 5.73 Å². The van der Waals surface area contributed by atoms with Gasteiger partial charge in [0.2, 0.25) is 0 Å². The summed E-state index contributed by atoms with van der Waals surface area (Å²) in [6.07, 6.45) is 9.42. The molecule has 2 N–H and O–H groups in total. The van der Waals surface area contributed by atoms with E-state index < -0.39 is 0 Å². The van der Waals surface area contributed by atoms with Crippen LogP contribution in [0.5, 0.6) is 0 Å². The van der Waals surface area contributed by atoms with Crippen LogP contribution in [0.1, 0.15) is 58.8 Å². The van der Waals surface area contributed by atoms with Crippen molar-refractivity contribution in [3.05, 3.63) is 0 Å². The van der Waals surface area contributed by atoms with Gasteiger partial charge in [-0.2, -0.15) is 0 Å². The summed E-state index contributed by atoms with van der Waals surface area (Å²) in [5, 5.41) is 0. The predicted molar refractivity (Wildman–Crippen MR) is 74.0 cm³/mol. The number of nitrogens with two attached hydrogens (primary N) is 1. The number of hydrogen-bond donors (Lipinski definition) is 1. The fourth-order valence-electron chi connectivity index (χ4n) is 3.66. The molecule has 17 heavy (non-hydrogen) atoms. The van der Waals surface area contributed by atoms with Gasteiger partial charge in [0.1, 0.15) is 0 Å². The van der Waals surface area contributed by atoms with E-state index in [4.69, 9.17) is 5.73 Å². The quantitative estimate of drug-likeness (QED) is 0.819. The minimum absolute atomic E-state index is 0.485. The molecule has 2 aliphatic carbocycles. The zero-order valence-electron chi connectivity index (χ0n) is 11.9. The molecule has 0 radical (unpaired) electrons. The summed E-state index contributed by atoms with van der Waals surface area (Å²) in [5.41, 5.74) is 6.59. The predicted octanol–water partition coefficient (Wildman–Crippen LogP) is 3.01.